The molecule has 0 bridgehead atoms. The highest BCUT2D eigenvalue weighted by atomic mass is 32.2. The van der Waals surface area contributed by atoms with Crippen LogP contribution in [-0.2, 0) is 18.7 Å². The molecule has 0 N–H and O–H groups in total. The van der Waals surface area contributed by atoms with E-state index < -0.39 is 0 Å². The summed E-state index contributed by atoms with van der Waals surface area (Å²) in [6, 6.07) is 29.4. The minimum atomic E-state index is -0.211. The zero-order valence-corrected chi connectivity index (χ0v) is 19.0. The van der Waals surface area contributed by atoms with Crippen LogP contribution in [0.25, 0.3) is 16.6 Å². The number of hydrogen-bond donors (Lipinski definition) is 0. The van der Waals surface area contributed by atoms with Gasteiger partial charge in [0.05, 0.1) is 22.7 Å². The average molecular weight is 465 g/mol. The van der Waals surface area contributed by atoms with Gasteiger partial charge in [0.2, 0.25) is 0 Å². The molecule has 0 aliphatic heterocycles. The van der Waals surface area contributed by atoms with Crippen molar-refractivity contribution in [2.24, 2.45) is 0 Å². The lowest BCUT2D eigenvalue weighted by Gasteiger charge is -2.12. The van der Waals surface area contributed by atoms with Gasteiger partial charge in [0.15, 0.2) is 5.16 Å². The molecule has 0 atom stereocenters. The first-order valence-electron chi connectivity index (χ1n) is 10.8. The summed E-state index contributed by atoms with van der Waals surface area (Å²) in [5, 5.41) is 19.4. The van der Waals surface area contributed by atoms with Crippen molar-refractivity contribution in [3.63, 3.8) is 0 Å². The van der Waals surface area contributed by atoms with Gasteiger partial charge in [0.25, 0.3) is 5.56 Å². The van der Waals surface area contributed by atoms with Crippen molar-refractivity contribution >= 4 is 22.7 Å². The van der Waals surface area contributed by atoms with Gasteiger partial charge in [-0.05, 0) is 29.8 Å². The molecule has 0 unspecified atom stereocenters. The van der Waals surface area contributed by atoms with Gasteiger partial charge in [-0.15, -0.1) is 10.2 Å². The molecule has 2 heterocycles. The summed E-state index contributed by atoms with van der Waals surface area (Å²) in [5.41, 5.74) is 2.51. The standard InChI is InChI=1S/C26H20N6OS/c27-15-16-31-24(28-22-14-8-7-13-21(22)25(31)33)18-34-26-30-29-23(17-19-9-3-1-4-10-19)32(26)20-11-5-2-6-12-20/h1-14H,16-18H2. The first-order valence-corrected chi connectivity index (χ1v) is 11.7. The number of hydrogen-bond acceptors (Lipinski definition) is 6. The van der Waals surface area contributed by atoms with E-state index in [-0.39, 0.29) is 12.1 Å². The van der Waals surface area contributed by atoms with E-state index in [2.05, 4.69) is 33.4 Å². The smallest absolute Gasteiger partial charge is 0.262 e. The van der Waals surface area contributed by atoms with E-state index in [0.717, 1.165) is 17.1 Å². The molecule has 0 spiro atoms. The number of aromatic nitrogens is 5. The SMILES string of the molecule is N#CCn1c(CSc2nnc(Cc3ccccc3)n2-c2ccccc2)nc2ccccc2c1=O. The quantitative estimate of drug-likeness (QED) is 0.332. The Labute approximate surface area is 200 Å². The summed E-state index contributed by atoms with van der Waals surface area (Å²) in [6.07, 6.45) is 0.636. The second-order valence-corrected chi connectivity index (χ2v) is 8.56. The van der Waals surface area contributed by atoms with Crippen LogP contribution >= 0.6 is 11.8 Å². The highest BCUT2D eigenvalue weighted by Crippen LogP contribution is 2.26. The molecule has 0 saturated carbocycles. The molecular weight excluding hydrogens is 444 g/mol. The van der Waals surface area contributed by atoms with E-state index in [0.29, 0.717) is 34.1 Å². The maximum absolute atomic E-state index is 13.0. The summed E-state index contributed by atoms with van der Waals surface area (Å²) >= 11 is 1.44. The number of nitrogens with zero attached hydrogens (tertiary/aromatic N) is 6. The fraction of sp³-hybridized carbons (Fsp3) is 0.115. The van der Waals surface area contributed by atoms with Crippen molar-refractivity contribution in [2.75, 3.05) is 0 Å². The number of benzene rings is 3. The Morgan fingerprint density at radius 1 is 0.853 bits per heavy atom. The first-order chi connectivity index (χ1) is 16.7. The van der Waals surface area contributed by atoms with Crippen LogP contribution in [0.3, 0.4) is 0 Å². The molecule has 7 nitrogen and oxygen atoms in total. The number of nitriles is 1. The maximum Gasteiger partial charge on any atom is 0.262 e. The van der Waals surface area contributed by atoms with Crippen molar-refractivity contribution in [3.8, 4) is 11.8 Å². The number of fused-ring (bicyclic) bond motifs is 1. The van der Waals surface area contributed by atoms with E-state index in [1.54, 1.807) is 12.1 Å². The Hall–Kier alpha value is -4.22. The zero-order chi connectivity index (χ0) is 23.3. The number of para-hydroxylation sites is 2. The van der Waals surface area contributed by atoms with Gasteiger partial charge in [-0.2, -0.15) is 5.26 Å². The fourth-order valence-electron chi connectivity index (χ4n) is 3.81. The Morgan fingerprint density at radius 3 is 2.32 bits per heavy atom. The Balaban J connectivity index is 1.52. The van der Waals surface area contributed by atoms with Gasteiger partial charge in [-0.3, -0.25) is 13.9 Å². The zero-order valence-electron chi connectivity index (χ0n) is 18.2. The van der Waals surface area contributed by atoms with E-state index in [4.69, 9.17) is 0 Å². The molecular formula is C26H20N6OS. The molecule has 5 aromatic rings. The maximum atomic E-state index is 13.0. The van der Waals surface area contributed by atoms with Crippen LogP contribution in [-0.4, -0.2) is 24.3 Å². The second-order valence-electron chi connectivity index (χ2n) is 7.62. The summed E-state index contributed by atoms with van der Waals surface area (Å²) in [4.78, 5) is 17.7. The summed E-state index contributed by atoms with van der Waals surface area (Å²) in [6.45, 7) is -0.0583. The van der Waals surface area contributed by atoms with E-state index >= 15 is 0 Å². The average Bonchev–Trinajstić information content (AvgIpc) is 3.28. The van der Waals surface area contributed by atoms with Gasteiger partial charge in [0, 0.05) is 12.1 Å². The summed E-state index contributed by atoms with van der Waals surface area (Å²) < 4.78 is 3.47. The molecule has 2 aromatic heterocycles. The van der Waals surface area contributed by atoms with Crippen molar-refractivity contribution in [2.45, 2.75) is 23.9 Å². The van der Waals surface area contributed by atoms with Gasteiger partial charge in [-0.25, -0.2) is 4.98 Å². The molecule has 0 radical (unpaired) electrons. The van der Waals surface area contributed by atoms with Crippen LogP contribution in [0, 0.1) is 11.3 Å². The lowest BCUT2D eigenvalue weighted by molar-refractivity contribution is 0.729. The minimum absolute atomic E-state index is 0.0583. The largest absolute Gasteiger partial charge is 0.281 e. The number of thioether (sulfide) groups is 1. The van der Waals surface area contributed by atoms with Crippen LogP contribution in [0.1, 0.15) is 17.2 Å². The third-order valence-corrected chi connectivity index (χ3v) is 6.34. The Bertz CT molecular complexity index is 1540. The van der Waals surface area contributed by atoms with Crippen molar-refractivity contribution < 1.29 is 0 Å². The lowest BCUT2D eigenvalue weighted by Crippen LogP contribution is -2.24. The lowest BCUT2D eigenvalue weighted by atomic mass is 10.1. The molecule has 8 heteroatoms. The van der Waals surface area contributed by atoms with Crippen molar-refractivity contribution in [1.29, 1.82) is 5.26 Å². The Kier molecular flexibility index (Phi) is 6.19. The van der Waals surface area contributed by atoms with Crippen LogP contribution in [0.5, 0.6) is 0 Å². The van der Waals surface area contributed by atoms with Gasteiger partial charge in [-0.1, -0.05) is 72.4 Å². The molecule has 5 rings (SSSR count). The van der Waals surface area contributed by atoms with Gasteiger partial charge < -0.3 is 0 Å². The Morgan fingerprint density at radius 2 is 1.56 bits per heavy atom. The molecule has 166 valence electrons. The fourth-order valence-corrected chi connectivity index (χ4v) is 4.73. The third-order valence-electron chi connectivity index (χ3n) is 5.42. The molecule has 0 aliphatic carbocycles. The van der Waals surface area contributed by atoms with Crippen LogP contribution < -0.4 is 5.56 Å². The molecule has 0 saturated heterocycles. The van der Waals surface area contributed by atoms with E-state index in [1.807, 2.05) is 65.2 Å². The van der Waals surface area contributed by atoms with Crippen LogP contribution in [0.15, 0.2) is 94.9 Å². The molecule has 0 aliphatic rings. The summed E-state index contributed by atoms with van der Waals surface area (Å²) in [5.74, 6) is 1.72. The van der Waals surface area contributed by atoms with Gasteiger partial charge >= 0.3 is 0 Å². The normalized spacial score (nSPS) is 10.9. The monoisotopic (exact) mass is 464 g/mol. The van der Waals surface area contributed by atoms with E-state index in [1.165, 1.54) is 16.3 Å². The third kappa shape index (κ3) is 4.34. The predicted octanol–water partition coefficient (Wildman–Crippen LogP) is 4.38. The van der Waals surface area contributed by atoms with E-state index in [9.17, 15) is 10.1 Å². The second kappa shape index (κ2) is 9.73. The van der Waals surface area contributed by atoms with Crippen LogP contribution in [0.4, 0.5) is 0 Å². The molecule has 0 fully saturated rings. The van der Waals surface area contributed by atoms with Crippen molar-refractivity contribution in [3.05, 3.63) is 112 Å². The van der Waals surface area contributed by atoms with Crippen molar-refractivity contribution in [1.82, 2.24) is 24.3 Å². The topological polar surface area (TPSA) is 89.4 Å². The molecule has 34 heavy (non-hydrogen) atoms. The minimum Gasteiger partial charge on any atom is -0.281 e. The highest BCUT2D eigenvalue weighted by Gasteiger charge is 2.17. The number of rotatable bonds is 7. The summed E-state index contributed by atoms with van der Waals surface area (Å²) in [7, 11) is 0. The first kappa shape index (κ1) is 21.6. The van der Waals surface area contributed by atoms with Gasteiger partial charge in [0.1, 0.15) is 18.2 Å². The molecule has 3 aromatic carbocycles. The van der Waals surface area contributed by atoms with Crippen LogP contribution in [0.2, 0.25) is 0 Å². The predicted molar refractivity (Wildman–Crippen MR) is 132 cm³/mol. The highest BCUT2D eigenvalue weighted by molar-refractivity contribution is 7.98. The molecule has 0 amide bonds.